The van der Waals surface area contributed by atoms with E-state index in [1.165, 1.54) is 44.1 Å². The van der Waals surface area contributed by atoms with Crippen molar-refractivity contribution < 1.29 is 59.0 Å². The van der Waals surface area contributed by atoms with Crippen molar-refractivity contribution in [2.75, 3.05) is 46.9 Å². The van der Waals surface area contributed by atoms with E-state index in [1.54, 1.807) is 70.6 Å². The fourth-order valence-electron chi connectivity index (χ4n) is 12.2. The summed E-state index contributed by atoms with van der Waals surface area (Å²) in [5.74, 6) is 1.53. The average molecular weight is 1650 g/mol. The third kappa shape index (κ3) is 29.7. The number of hydrogen-bond donors (Lipinski definition) is 3. The maximum atomic E-state index is 13.4. The van der Waals surface area contributed by atoms with Crippen LogP contribution in [0.15, 0.2) is 193 Å². The molecule has 10 rings (SSSR count). The van der Waals surface area contributed by atoms with E-state index in [2.05, 4.69) is 130 Å². The van der Waals surface area contributed by atoms with E-state index in [0.717, 1.165) is 44.8 Å². The molecule has 9 nitrogen and oxygen atoms in total. The van der Waals surface area contributed by atoms with Crippen LogP contribution in [-0.2, 0) is 87.4 Å². The standard InChI is InChI=1S/C31H33N2O3S.C24H32P2.C19H24N2O2.4C2H6.2CH4.CH3.2ClH.2Ru.H2/c1-24-13-17-26(18-14-24)23-36-22-21-32-30(27-9-5-3-6-10-27)31(28-11-7-4-8-12-28)33-37(34,35)29-19-15-25(2)16-20-29;1-25(2)21-15-13-17-9-5-7-11-19(17)23(21)24-20-12-8-6-10-18(20)14-16-22(24)26(3)4;1-13(2)18(20)19(21,15-6-4-14(12-22)5-7-15)16-8-10-17(23-3)11-9-16;4*1-2;;;;;;;;/h3-20,30-32H,21-23H2,1-2H3;5,7,9,11,14,16,21,23H,6,8,10,12-13,15H2,1-4H3;4-6,8-11,13,18,21-22H,12,20H2,1-3H3;4*1-2H3;2*1H4;1H3;2*1H;;;1H/q-1;;-2;;;;;;;-1;;;2*+4;. The number of aryl methyl sites for hydroxylation is 4. The Morgan fingerprint density at radius 1 is 0.693 bits per heavy atom. The van der Waals surface area contributed by atoms with Gasteiger partial charge in [-0.3, -0.25) is 0 Å². The molecular formula is C85H128Cl2N4O5P2Ru2S+4. The summed E-state index contributed by atoms with van der Waals surface area (Å²) in [4.78, 5) is 0.187. The second kappa shape index (κ2) is 54.5. The first-order valence-electron chi connectivity index (χ1n) is 34.8. The normalized spacial score (nSPS) is 14.4. The van der Waals surface area contributed by atoms with E-state index in [4.69, 9.17) is 20.9 Å². The number of halogens is 2. The Kier molecular flexibility index (Phi) is 53.5. The number of nitrogens with two attached hydrogens (primary N) is 1. The minimum atomic E-state index is -3.90. The molecule has 0 saturated heterocycles. The van der Waals surface area contributed by atoms with Gasteiger partial charge in [-0.2, -0.15) is 29.8 Å². The molecule has 5 N–H and O–H groups in total. The molecule has 0 bridgehead atoms. The minimum absolute atomic E-state index is 0. The molecule has 2 aliphatic carbocycles. The van der Waals surface area contributed by atoms with Crippen LogP contribution in [0.25, 0.3) is 10.5 Å². The van der Waals surface area contributed by atoms with Crippen LogP contribution < -0.4 is 21.1 Å². The van der Waals surface area contributed by atoms with Gasteiger partial charge in [0.05, 0.1) is 44.6 Å². The first-order chi connectivity index (χ1) is 47.4. The first kappa shape index (κ1) is 99.0. The van der Waals surface area contributed by atoms with Crippen LogP contribution in [0.3, 0.4) is 0 Å². The van der Waals surface area contributed by atoms with Gasteiger partial charge < -0.3 is 43.5 Å². The Labute approximate surface area is 648 Å². The quantitative estimate of drug-likeness (QED) is 0.0281. The van der Waals surface area contributed by atoms with Crippen LogP contribution in [0.1, 0.15) is 195 Å². The topological polar surface area (TPSA) is 149 Å². The summed E-state index contributed by atoms with van der Waals surface area (Å²) in [7, 11) is 6.06. The molecular weight excluding hydrogens is 1520 g/mol. The number of aliphatic hydroxyl groups excluding tert-OH is 1. The number of sulfonamides is 1. The first-order valence-corrected chi connectivity index (χ1v) is 45.8. The summed E-state index contributed by atoms with van der Waals surface area (Å²) in [6, 6.07) is 63.4. The maximum Gasteiger partial charge on any atom is 0 e. The monoisotopic (exact) mass is 1650 g/mol. The summed E-state index contributed by atoms with van der Waals surface area (Å²) in [6.07, 6.45) is 8.05. The summed E-state index contributed by atoms with van der Waals surface area (Å²) in [6.45, 7) is 35.6. The molecule has 0 saturated carbocycles. The molecule has 0 aromatic heterocycles. The van der Waals surface area contributed by atoms with Gasteiger partial charge >= 0.3 is 54.0 Å². The smallest absolute Gasteiger partial charge is 0 e. The van der Waals surface area contributed by atoms with Crippen molar-refractivity contribution in [2.45, 2.75) is 190 Å². The molecule has 0 amide bonds. The third-order valence-electron chi connectivity index (χ3n) is 17.1. The molecule has 0 radical (unpaired) electrons. The molecule has 16 heteroatoms. The molecule has 101 heavy (non-hydrogen) atoms. The van der Waals surface area contributed by atoms with Crippen molar-refractivity contribution in [3.8, 4) is 5.75 Å². The number of methoxy groups -OCH3 is 1. The molecule has 0 fully saturated rings. The van der Waals surface area contributed by atoms with E-state index in [0.29, 0.717) is 31.2 Å². The second-order valence-corrected chi connectivity index (χ2v) is 31.0. The van der Waals surface area contributed by atoms with E-state index >= 15 is 0 Å². The third-order valence-corrected chi connectivity index (χ3v) is 22.1. The minimum Gasteiger partial charge on any atom is 0 e. The van der Waals surface area contributed by atoms with Gasteiger partial charge in [0.2, 0.25) is 0 Å². The number of hydrogen-bond acceptors (Lipinski definition) is 7. The molecule has 0 aliphatic heterocycles. The van der Waals surface area contributed by atoms with E-state index in [1.807, 2.05) is 208 Å². The van der Waals surface area contributed by atoms with Crippen LogP contribution in [0.5, 0.6) is 5.75 Å². The van der Waals surface area contributed by atoms with Crippen LogP contribution in [0.2, 0.25) is 0 Å². The average Bonchev–Trinajstić information content (AvgIpc) is 0.757. The van der Waals surface area contributed by atoms with Gasteiger partial charge in [0, 0.05) is 58.2 Å². The largest absolute Gasteiger partial charge is 0 e. The number of fused-ring (bicyclic) bond motifs is 2. The number of rotatable bonds is 21. The molecule has 0 heterocycles. The predicted molar refractivity (Wildman–Crippen MR) is 444 cm³/mol. The van der Waals surface area contributed by atoms with Crippen molar-refractivity contribution in [3.05, 3.63) is 284 Å². The van der Waals surface area contributed by atoms with Gasteiger partial charge in [-0.1, -0.05) is 257 Å². The molecule has 8 aromatic carbocycles. The zero-order valence-corrected chi connectivity index (χ0v) is 70.2. The van der Waals surface area contributed by atoms with Crippen LogP contribution in [0, 0.1) is 33.3 Å². The van der Waals surface area contributed by atoms with E-state index in [9.17, 15) is 13.5 Å². The molecule has 560 valence electrons. The number of ether oxygens (including phenoxy) is 2. The predicted octanol–water partition coefficient (Wildman–Crippen LogP) is 23.0. The molecule has 6 atom stereocenters. The molecule has 0 spiro atoms. The fourth-order valence-corrected chi connectivity index (χ4v) is 16.3. The van der Waals surface area contributed by atoms with Crippen LogP contribution >= 0.6 is 35.2 Å². The Morgan fingerprint density at radius 3 is 1.73 bits per heavy atom. The Morgan fingerprint density at radius 2 is 1.22 bits per heavy atom. The van der Waals surface area contributed by atoms with Crippen molar-refractivity contribution >= 4 is 50.6 Å². The van der Waals surface area contributed by atoms with Gasteiger partial charge in [0.15, 0.2) is 0 Å². The van der Waals surface area contributed by atoms with Crippen molar-refractivity contribution in [1.82, 2.24) is 5.32 Å². The van der Waals surface area contributed by atoms with Gasteiger partial charge in [-0.05, 0) is 136 Å². The molecule has 8 aromatic rings. The van der Waals surface area contributed by atoms with Crippen molar-refractivity contribution in [3.63, 3.8) is 0 Å². The van der Waals surface area contributed by atoms with Crippen molar-refractivity contribution in [2.24, 2.45) is 11.7 Å². The Hall–Kier alpha value is -4.04. The zero-order valence-electron chi connectivity index (χ0n) is 62.4. The van der Waals surface area contributed by atoms with Gasteiger partial charge in [-0.15, -0.1) is 5.56 Å². The summed E-state index contributed by atoms with van der Waals surface area (Å²) < 4.78 is 42.4. The van der Waals surface area contributed by atoms with Crippen molar-refractivity contribution in [1.29, 1.82) is 0 Å². The van der Waals surface area contributed by atoms with Gasteiger partial charge in [0.1, 0.15) is 15.8 Å². The number of nitrogens with one attached hydrogen (secondary N) is 2. The molecule has 6 unspecified atom stereocenters. The van der Waals surface area contributed by atoms with Gasteiger partial charge in [0.25, 0.3) is 0 Å². The maximum absolute atomic E-state index is 13.4. The second-order valence-electron chi connectivity index (χ2n) is 24.0. The van der Waals surface area contributed by atoms with Crippen LogP contribution in [-0.4, -0.2) is 72.1 Å². The van der Waals surface area contributed by atoms with E-state index < -0.39 is 35.6 Å². The summed E-state index contributed by atoms with van der Waals surface area (Å²) in [5, 5.41) is 14.5. The SMILES string of the molecule is C.C.CC.CC.CC.CC.COc1ccc(C([NH-])(c2[c-]cc(CO)cc2)C(N)C(C)C)cc1.C[PH+](C)c1ccc2c(c1C1c3ccccc3CCC1[PH+](C)C)CCCC2.Cc1ccc(COCCNC(c2ccccc2)C([N-]S(=O)(=O)c2ccc(C)cc2)c2ccccc2)cc1.[CH3-].[Cl][Ru+3].[Cl][Ru+3].[HH]. The van der Waals surface area contributed by atoms with Crippen LogP contribution in [0.4, 0.5) is 0 Å². The summed E-state index contributed by atoms with van der Waals surface area (Å²) >= 11 is 3.64. The Bertz CT molecular complexity index is 3470. The van der Waals surface area contributed by atoms with E-state index in [-0.39, 0.29) is 55.1 Å². The zero-order chi connectivity index (χ0) is 73.4. The number of aliphatic hydroxyl groups is 1. The van der Waals surface area contributed by atoms with Gasteiger partial charge in [-0.25, -0.2) is 8.42 Å². The number of nitrogens with zero attached hydrogens (tertiary/aromatic N) is 1. The number of benzene rings is 8. The molecule has 2 aliphatic rings. The summed E-state index contributed by atoms with van der Waals surface area (Å²) in [5.41, 5.74) is 31.2. The Balaban J connectivity index is -0.00000135. The fraction of sp³-hybridized carbons (Fsp3) is 0.424.